The van der Waals surface area contributed by atoms with Crippen molar-refractivity contribution in [1.29, 1.82) is 0 Å². The van der Waals surface area contributed by atoms with Crippen molar-refractivity contribution in [1.82, 2.24) is 19.1 Å². The summed E-state index contributed by atoms with van der Waals surface area (Å²) < 4.78 is 19.7. The van der Waals surface area contributed by atoms with E-state index >= 15 is 0 Å². The third-order valence-electron chi connectivity index (χ3n) is 11.0. The van der Waals surface area contributed by atoms with Crippen LogP contribution in [0, 0.1) is 11.8 Å². The smallest absolute Gasteiger partial charge is 0.337 e. The predicted molar refractivity (Wildman–Crippen MR) is 216 cm³/mol. The number of rotatable bonds is 12. The molecule has 4 aromatic rings. The van der Waals surface area contributed by atoms with Gasteiger partial charge >= 0.3 is 18.0 Å². The summed E-state index contributed by atoms with van der Waals surface area (Å²) in [7, 11) is 1.33. The Morgan fingerprint density at radius 3 is 1.56 bits per heavy atom. The largest absolute Gasteiger partial charge is 0.465 e. The van der Waals surface area contributed by atoms with E-state index in [1.807, 2.05) is 13.8 Å². The number of amides is 1. The zero-order valence-electron chi connectivity index (χ0n) is 32.8. The summed E-state index contributed by atoms with van der Waals surface area (Å²) in [6.07, 6.45) is 12.2. The van der Waals surface area contributed by atoms with E-state index in [1.54, 1.807) is 57.7 Å². The van der Waals surface area contributed by atoms with E-state index < -0.39 is 11.9 Å². The van der Waals surface area contributed by atoms with Crippen molar-refractivity contribution in [3.8, 4) is 23.5 Å². The molecule has 4 aliphatic rings. The normalized spacial score (nSPS) is 16.0. The summed E-state index contributed by atoms with van der Waals surface area (Å²) in [6, 6.07) is 13.6. The monoisotopic (exact) mass is 775 g/mol. The van der Waals surface area contributed by atoms with Crippen molar-refractivity contribution in [2.45, 2.75) is 104 Å². The highest BCUT2D eigenvalue weighted by Gasteiger charge is 2.31. The molecule has 2 aliphatic carbocycles. The summed E-state index contributed by atoms with van der Waals surface area (Å²) in [6.45, 7) is 5.01. The number of aromatic nitrogens is 4. The zero-order chi connectivity index (χ0) is 40.1. The van der Waals surface area contributed by atoms with Crippen molar-refractivity contribution >= 4 is 34.9 Å². The molecular weight excluding hydrogens is 727 g/mol. The van der Waals surface area contributed by atoms with Gasteiger partial charge in [-0.2, -0.15) is 9.97 Å². The topological polar surface area (TPSA) is 182 Å². The Morgan fingerprint density at radius 1 is 0.702 bits per heavy atom. The number of methoxy groups -OCH3 is 1. The first-order chi connectivity index (χ1) is 27.7. The Balaban J connectivity index is 0.000000174. The molecule has 57 heavy (non-hydrogen) atoms. The zero-order valence-corrected chi connectivity index (χ0v) is 32.8. The minimum Gasteiger partial charge on any atom is -0.465 e. The molecule has 0 bridgehead atoms. The Bertz CT molecular complexity index is 2350. The molecule has 2 aliphatic heterocycles. The molecule has 0 atom stereocenters. The number of esters is 1. The van der Waals surface area contributed by atoms with Gasteiger partial charge in [0, 0.05) is 42.9 Å². The van der Waals surface area contributed by atoms with Gasteiger partial charge in [-0.1, -0.05) is 51.7 Å². The summed E-state index contributed by atoms with van der Waals surface area (Å²) >= 11 is 0. The van der Waals surface area contributed by atoms with E-state index in [4.69, 9.17) is 24.9 Å². The highest BCUT2D eigenvalue weighted by atomic mass is 16.5. The standard InChI is InChI=1S/C22H25N3O4.C21H24N4O3/c1-3-11-25-20(26)17-13-18(14-7-4-5-8-14)23-19(17)24-22(25)29-16-10-6-9-15(12-16)21(27)28-2;1-2-10-25-20(27)16-12-17(13-6-3-4-7-13)23-19(16)24-21(25)28-15-9-5-8-14(11-15)18(22)26/h6,9-10,12,14H,3-5,7-8,11,13H2,1-2H3;5,8-9,11,13H,2-4,6-7,10,12H2,1H3,(H2,22,26). The van der Waals surface area contributed by atoms with Crippen molar-refractivity contribution in [3.63, 3.8) is 0 Å². The number of ether oxygens (including phenoxy) is 3. The SMILES string of the molecule is CCCn1c(Oc2cccc(C(=O)OC)c2)nc2c(c1=O)CC(C1CCCC1)=N2.CCCn1c(Oc2cccc(C(N)=O)c2)nc2c(c1=O)CC(C1CCCC1)=N2. The van der Waals surface area contributed by atoms with E-state index in [0.717, 1.165) is 49.9 Å². The van der Waals surface area contributed by atoms with Crippen molar-refractivity contribution in [3.05, 3.63) is 91.5 Å². The molecule has 2 saturated carbocycles. The molecule has 1 amide bonds. The number of nitrogens with two attached hydrogens (primary N) is 1. The second-order valence-corrected chi connectivity index (χ2v) is 14.9. The molecule has 2 fully saturated rings. The second kappa shape index (κ2) is 17.5. The molecule has 4 heterocycles. The summed E-state index contributed by atoms with van der Waals surface area (Å²) in [4.78, 5) is 68.0. The van der Waals surface area contributed by atoms with Crippen molar-refractivity contribution < 1.29 is 23.8 Å². The Hall–Kier alpha value is -5.92. The average Bonchev–Trinajstić information content (AvgIpc) is 4.05. The first kappa shape index (κ1) is 39.3. The fourth-order valence-electron chi connectivity index (χ4n) is 8.05. The number of aliphatic imine (C=N–C) groups is 2. The third kappa shape index (κ3) is 8.59. The number of hydrogen-bond acceptors (Lipinski definition) is 11. The van der Waals surface area contributed by atoms with Gasteiger partial charge in [-0.15, -0.1) is 0 Å². The van der Waals surface area contributed by atoms with Gasteiger partial charge in [-0.25, -0.2) is 14.8 Å². The molecule has 14 heteroatoms. The number of carbonyl (C=O) groups is 2. The fraction of sp³-hybridized carbons (Fsp3) is 0.442. The van der Waals surface area contributed by atoms with E-state index in [-0.39, 0.29) is 23.1 Å². The fourth-order valence-corrected chi connectivity index (χ4v) is 8.05. The maximum absolute atomic E-state index is 13.1. The van der Waals surface area contributed by atoms with Crippen LogP contribution in [-0.4, -0.2) is 49.5 Å². The lowest BCUT2D eigenvalue weighted by Crippen LogP contribution is -2.26. The molecule has 0 radical (unpaired) electrons. The van der Waals surface area contributed by atoms with Crippen molar-refractivity contribution in [2.75, 3.05) is 7.11 Å². The van der Waals surface area contributed by atoms with E-state index in [2.05, 4.69) is 15.0 Å². The average molecular weight is 776 g/mol. The number of benzene rings is 2. The molecule has 0 saturated heterocycles. The van der Waals surface area contributed by atoms with Crippen LogP contribution in [-0.2, 0) is 30.7 Å². The highest BCUT2D eigenvalue weighted by Crippen LogP contribution is 2.36. The lowest BCUT2D eigenvalue weighted by atomic mass is 9.98. The maximum atomic E-state index is 13.1. The quantitative estimate of drug-likeness (QED) is 0.143. The van der Waals surface area contributed by atoms with Gasteiger partial charge in [-0.05, 0) is 86.8 Å². The van der Waals surface area contributed by atoms with Gasteiger partial charge < -0.3 is 19.9 Å². The molecule has 2 aromatic heterocycles. The van der Waals surface area contributed by atoms with Crippen LogP contribution in [0.25, 0.3) is 0 Å². The highest BCUT2D eigenvalue weighted by molar-refractivity contribution is 5.96. The van der Waals surface area contributed by atoms with Gasteiger partial charge in [0.05, 0.1) is 23.8 Å². The van der Waals surface area contributed by atoms with Gasteiger partial charge in [0.2, 0.25) is 5.91 Å². The van der Waals surface area contributed by atoms with Crippen LogP contribution in [0.5, 0.6) is 23.5 Å². The molecule has 8 rings (SSSR count). The summed E-state index contributed by atoms with van der Waals surface area (Å²) in [5, 5.41) is 0. The lowest BCUT2D eigenvalue weighted by Gasteiger charge is -2.13. The third-order valence-corrected chi connectivity index (χ3v) is 11.0. The van der Waals surface area contributed by atoms with Crippen LogP contribution in [0.1, 0.15) is 110 Å². The number of carbonyl (C=O) groups excluding carboxylic acids is 2. The van der Waals surface area contributed by atoms with Crippen LogP contribution in [0.15, 0.2) is 68.1 Å². The van der Waals surface area contributed by atoms with Crippen LogP contribution >= 0.6 is 0 Å². The first-order valence-electron chi connectivity index (χ1n) is 20.0. The molecule has 0 unspecified atom stereocenters. The minimum atomic E-state index is -0.538. The maximum Gasteiger partial charge on any atom is 0.337 e. The number of fused-ring (bicyclic) bond motifs is 2. The van der Waals surface area contributed by atoms with E-state index in [0.29, 0.717) is 83.2 Å². The van der Waals surface area contributed by atoms with Crippen LogP contribution in [0.3, 0.4) is 0 Å². The number of nitrogens with zero attached hydrogens (tertiary/aromatic N) is 6. The van der Waals surface area contributed by atoms with E-state index in [1.165, 1.54) is 32.8 Å². The van der Waals surface area contributed by atoms with Crippen molar-refractivity contribution in [2.24, 2.45) is 27.6 Å². The van der Waals surface area contributed by atoms with Crippen LogP contribution < -0.4 is 26.3 Å². The molecule has 2 N–H and O–H groups in total. The lowest BCUT2D eigenvalue weighted by molar-refractivity contribution is 0.0600. The molecule has 0 spiro atoms. The second-order valence-electron chi connectivity index (χ2n) is 14.9. The van der Waals surface area contributed by atoms with Gasteiger partial charge in [-0.3, -0.25) is 23.5 Å². The molecule has 298 valence electrons. The van der Waals surface area contributed by atoms with Gasteiger partial charge in [0.1, 0.15) is 11.5 Å². The Morgan fingerprint density at radius 2 is 1.14 bits per heavy atom. The summed E-state index contributed by atoms with van der Waals surface area (Å²) in [5.41, 5.74) is 9.35. The summed E-state index contributed by atoms with van der Waals surface area (Å²) in [5.74, 6) is 1.71. The molecule has 2 aromatic carbocycles. The van der Waals surface area contributed by atoms with E-state index in [9.17, 15) is 19.2 Å². The van der Waals surface area contributed by atoms with Gasteiger partial charge in [0.15, 0.2) is 11.6 Å². The Labute approximate surface area is 330 Å². The first-order valence-corrected chi connectivity index (χ1v) is 20.0. The minimum absolute atomic E-state index is 0.0901. The Kier molecular flexibility index (Phi) is 12.1. The van der Waals surface area contributed by atoms with Gasteiger partial charge in [0.25, 0.3) is 11.1 Å². The number of hydrogen-bond donors (Lipinski definition) is 1. The molecule has 14 nitrogen and oxygen atoms in total. The van der Waals surface area contributed by atoms with Crippen LogP contribution in [0.4, 0.5) is 11.6 Å². The molecular formula is C43H49N7O7. The number of primary amides is 1. The predicted octanol–water partition coefficient (Wildman–Crippen LogP) is 7.41. The van der Waals surface area contributed by atoms with Crippen LogP contribution in [0.2, 0.25) is 0 Å².